The van der Waals surface area contributed by atoms with Crippen molar-refractivity contribution in [2.75, 3.05) is 0 Å². The van der Waals surface area contributed by atoms with E-state index >= 15 is 0 Å². The predicted octanol–water partition coefficient (Wildman–Crippen LogP) is 0.236. The molecule has 3 unspecified atom stereocenters. The second-order valence-corrected chi connectivity index (χ2v) is 5.35. The molecule has 0 spiro atoms. The Morgan fingerprint density at radius 1 is 1.50 bits per heavy atom. The van der Waals surface area contributed by atoms with Crippen LogP contribution in [0.5, 0.6) is 0 Å². The number of aryl methyl sites for hydroxylation is 1. The van der Waals surface area contributed by atoms with Crippen molar-refractivity contribution < 1.29 is 0 Å². The second-order valence-electron chi connectivity index (χ2n) is 5.35. The summed E-state index contributed by atoms with van der Waals surface area (Å²) in [6, 6.07) is 0.365. The number of hydrogen-bond acceptors (Lipinski definition) is 4. The first-order chi connectivity index (χ1) is 7.76. The quantitative estimate of drug-likeness (QED) is 0.564. The molecule has 3 N–H and O–H groups in total. The van der Waals surface area contributed by atoms with Crippen LogP contribution in [0.15, 0.2) is 6.20 Å². The smallest absolute Gasteiger partial charge is 0.0843 e. The number of fused-ring (bicyclic) bond motifs is 1. The Hall–Kier alpha value is -0.940. The molecule has 2 fully saturated rings. The first kappa shape index (κ1) is 10.2. The molecule has 3 rings (SSSR count). The number of hydrazine groups is 1. The largest absolute Gasteiger partial charge is 0.271 e. The van der Waals surface area contributed by atoms with Crippen molar-refractivity contribution in [3.63, 3.8) is 0 Å². The molecule has 0 saturated heterocycles. The van der Waals surface area contributed by atoms with E-state index in [1.54, 1.807) is 4.68 Å². The molecule has 1 heterocycles. The lowest BCUT2D eigenvalue weighted by molar-refractivity contribution is 0.334. The Morgan fingerprint density at radius 2 is 2.25 bits per heavy atom. The van der Waals surface area contributed by atoms with E-state index < -0.39 is 0 Å². The lowest BCUT2D eigenvalue weighted by Gasteiger charge is -2.22. The van der Waals surface area contributed by atoms with Crippen molar-refractivity contribution in [1.82, 2.24) is 20.4 Å². The fourth-order valence-electron chi connectivity index (χ4n) is 3.17. The van der Waals surface area contributed by atoms with Gasteiger partial charge >= 0.3 is 0 Å². The Bertz CT molecular complexity index is 364. The van der Waals surface area contributed by atoms with Crippen LogP contribution < -0.4 is 11.3 Å². The molecule has 2 aliphatic carbocycles. The van der Waals surface area contributed by atoms with E-state index in [0.29, 0.717) is 6.04 Å². The van der Waals surface area contributed by atoms with Crippen LogP contribution in [0, 0.1) is 17.8 Å². The molecular weight excluding hydrogens is 202 g/mol. The van der Waals surface area contributed by atoms with Crippen molar-refractivity contribution in [1.29, 1.82) is 0 Å². The molecule has 0 radical (unpaired) electrons. The summed E-state index contributed by atoms with van der Waals surface area (Å²) < 4.78 is 1.75. The minimum absolute atomic E-state index is 0.365. The molecule has 3 atom stereocenters. The number of rotatable bonds is 4. The van der Waals surface area contributed by atoms with Gasteiger partial charge in [-0.3, -0.25) is 16.0 Å². The van der Waals surface area contributed by atoms with Crippen LogP contribution in [0.1, 0.15) is 25.0 Å². The summed E-state index contributed by atoms with van der Waals surface area (Å²) in [5.74, 6) is 8.40. The molecule has 0 bridgehead atoms. The third-order valence-corrected chi connectivity index (χ3v) is 4.14. The summed E-state index contributed by atoms with van der Waals surface area (Å²) in [7, 11) is 1.89. The van der Waals surface area contributed by atoms with Crippen LogP contribution in [0.25, 0.3) is 0 Å². The average Bonchev–Trinajstić information content (AvgIpc) is 2.71. The Kier molecular flexibility index (Phi) is 2.44. The van der Waals surface area contributed by atoms with E-state index in [9.17, 15) is 0 Å². The van der Waals surface area contributed by atoms with Gasteiger partial charge in [0.25, 0.3) is 0 Å². The lowest BCUT2D eigenvalue weighted by atomic mass is 9.92. The van der Waals surface area contributed by atoms with Gasteiger partial charge in [0.1, 0.15) is 0 Å². The van der Waals surface area contributed by atoms with E-state index in [-0.39, 0.29) is 0 Å². The highest BCUT2D eigenvalue weighted by atomic mass is 15.4. The maximum absolute atomic E-state index is 5.66. The Morgan fingerprint density at radius 3 is 2.81 bits per heavy atom. The molecule has 5 nitrogen and oxygen atoms in total. The fourth-order valence-corrected chi connectivity index (χ4v) is 3.17. The molecule has 0 aliphatic heterocycles. The highest BCUT2D eigenvalue weighted by Gasteiger charge is 2.47. The molecule has 88 valence electrons. The van der Waals surface area contributed by atoms with E-state index in [0.717, 1.165) is 29.9 Å². The molecule has 5 heteroatoms. The summed E-state index contributed by atoms with van der Waals surface area (Å²) in [6.07, 6.45) is 7.02. The molecule has 2 saturated carbocycles. The third kappa shape index (κ3) is 1.85. The van der Waals surface area contributed by atoms with Crippen molar-refractivity contribution in [3.05, 3.63) is 11.9 Å². The summed E-state index contributed by atoms with van der Waals surface area (Å²) in [5, 5.41) is 8.07. The van der Waals surface area contributed by atoms with Crippen LogP contribution in [0.2, 0.25) is 0 Å². The number of nitrogens with two attached hydrogens (primary N) is 1. The van der Waals surface area contributed by atoms with E-state index in [1.165, 1.54) is 19.3 Å². The summed E-state index contributed by atoms with van der Waals surface area (Å²) in [6.45, 7) is 0. The zero-order valence-corrected chi connectivity index (χ0v) is 9.63. The molecule has 2 aliphatic rings. The van der Waals surface area contributed by atoms with Crippen LogP contribution in [-0.4, -0.2) is 21.0 Å². The number of nitrogens with one attached hydrogen (secondary N) is 1. The third-order valence-electron chi connectivity index (χ3n) is 4.14. The van der Waals surface area contributed by atoms with Crippen molar-refractivity contribution in [2.24, 2.45) is 30.6 Å². The van der Waals surface area contributed by atoms with Gasteiger partial charge in [-0.2, -0.15) is 0 Å². The number of nitrogens with zero attached hydrogens (tertiary/aromatic N) is 3. The first-order valence-electron chi connectivity index (χ1n) is 6.07. The van der Waals surface area contributed by atoms with Crippen LogP contribution in [-0.2, 0) is 13.5 Å². The summed E-state index contributed by atoms with van der Waals surface area (Å²) in [5.41, 5.74) is 4.00. The predicted molar refractivity (Wildman–Crippen MR) is 60.1 cm³/mol. The normalized spacial score (nSPS) is 33.8. The number of hydrogen-bond donors (Lipinski definition) is 2. The topological polar surface area (TPSA) is 68.8 Å². The minimum Gasteiger partial charge on any atom is -0.271 e. The van der Waals surface area contributed by atoms with Crippen LogP contribution in [0.4, 0.5) is 0 Å². The van der Waals surface area contributed by atoms with Crippen molar-refractivity contribution in [2.45, 2.75) is 31.7 Å². The highest BCUT2D eigenvalue weighted by Crippen LogP contribution is 2.55. The SMILES string of the molecule is Cn1cc(CC(NN)C2CC3CC3C2)nn1. The maximum atomic E-state index is 5.66. The van der Waals surface area contributed by atoms with Gasteiger partial charge in [-0.15, -0.1) is 5.10 Å². The van der Waals surface area contributed by atoms with Crippen molar-refractivity contribution in [3.8, 4) is 0 Å². The monoisotopic (exact) mass is 221 g/mol. The zero-order chi connectivity index (χ0) is 11.1. The Labute approximate surface area is 95.4 Å². The molecule has 0 amide bonds. The van der Waals surface area contributed by atoms with E-state index in [4.69, 9.17) is 5.84 Å². The van der Waals surface area contributed by atoms with Gasteiger partial charge in [0.05, 0.1) is 5.69 Å². The fraction of sp³-hybridized carbons (Fsp3) is 0.818. The standard InChI is InChI=1S/C11H19N5/c1-16-6-10(14-15-16)5-11(13-12)9-3-7-2-8(7)4-9/h6-9,11,13H,2-5,12H2,1H3. The van der Waals surface area contributed by atoms with E-state index in [1.807, 2.05) is 13.2 Å². The maximum Gasteiger partial charge on any atom is 0.0843 e. The average molecular weight is 221 g/mol. The number of aromatic nitrogens is 3. The van der Waals surface area contributed by atoms with Gasteiger partial charge in [0, 0.05) is 25.7 Å². The lowest BCUT2D eigenvalue weighted by Crippen LogP contribution is -2.42. The first-order valence-corrected chi connectivity index (χ1v) is 6.07. The molecule has 1 aromatic rings. The molecular formula is C11H19N5. The van der Waals surface area contributed by atoms with E-state index in [2.05, 4.69) is 15.7 Å². The van der Waals surface area contributed by atoms with Gasteiger partial charge in [0.15, 0.2) is 0 Å². The Balaban J connectivity index is 1.62. The van der Waals surface area contributed by atoms with Gasteiger partial charge in [-0.1, -0.05) is 5.21 Å². The van der Waals surface area contributed by atoms with Gasteiger partial charge in [-0.25, -0.2) is 0 Å². The molecule has 1 aromatic heterocycles. The summed E-state index contributed by atoms with van der Waals surface area (Å²) >= 11 is 0. The molecule has 16 heavy (non-hydrogen) atoms. The zero-order valence-electron chi connectivity index (χ0n) is 9.63. The van der Waals surface area contributed by atoms with Gasteiger partial charge in [-0.05, 0) is 37.0 Å². The second kappa shape index (κ2) is 3.82. The van der Waals surface area contributed by atoms with Crippen LogP contribution in [0.3, 0.4) is 0 Å². The highest BCUT2D eigenvalue weighted by molar-refractivity contribution is 5.03. The molecule has 0 aromatic carbocycles. The van der Waals surface area contributed by atoms with Crippen LogP contribution >= 0.6 is 0 Å². The minimum atomic E-state index is 0.365. The van der Waals surface area contributed by atoms with Crippen molar-refractivity contribution >= 4 is 0 Å². The van der Waals surface area contributed by atoms with Gasteiger partial charge in [0.2, 0.25) is 0 Å². The summed E-state index contributed by atoms with van der Waals surface area (Å²) in [4.78, 5) is 0. The van der Waals surface area contributed by atoms with Gasteiger partial charge < -0.3 is 0 Å².